The van der Waals surface area contributed by atoms with E-state index in [4.69, 9.17) is 11.6 Å². The fourth-order valence-electron chi connectivity index (χ4n) is 5.10. The van der Waals surface area contributed by atoms with Crippen molar-refractivity contribution < 1.29 is 14.7 Å². The van der Waals surface area contributed by atoms with Crippen LogP contribution in [0.25, 0.3) is 0 Å². The molecule has 1 saturated carbocycles. The van der Waals surface area contributed by atoms with Crippen LogP contribution in [0.3, 0.4) is 0 Å². The van der Waals surface area contributed by atoms with Crippen molar-refractivity contribution in [3.05, 3.63) is 46.1 Å². The molecular weight excluding hydrogens is 436 g/mol. The van der Waals surface area contributed by atoms with Gasteiger partial charge in [0.25, 0.3) is 0 Å². The van der Waals surface area contributed by atoms with Gasteiger partial charge in [-0.2, -0.15) is 0 Å². The number of benzene rings is 1. The number of hydrogen-bond donors (Lipinski definition) is 2. The van der Waals surface area contributed by atoms with E-state index in [1.54, 1.807) is 4.90 Å². The van der Waals surface area contributed by atoms with Gasteiger partial charge in [0.15, 0.2) is 0 Å². The third kappa shape index (κ3) is 5.74. The van der Waals surface area contributed by atoms with Crippen LogP contribution in [0.5, 0.6) is 0 Å². The van der Waals surface area contributed by atoms with Crippen LogP contribution in [0.15, 0.2) is 30.0 Å². The Morgan fingerprint density at radius 1 is 1.24 bits per heavy atom. The number of carbonyl (C=O) groups excluding carboxylic acids is 1. The van der Waals surface area contributed by atoms with Crippen molar-refractivity contribution in [3.63, 3.8) is 0 Å². The molecule has 0 spiro atoms. The Balaban J connectivity index is 1.87. The van der Waals surface area contributed by atoms with Gasteiger partial charge in [-0.3, -0.25) is 9.69 Å². The molecule has 1 aliphatic carbocycles. The summed E-state index contributed by atoms with van der Waals surface area (Å²) in [7, 11) is 0. The monoisotopic (exact) mass is 474 g/mol. The van der Waals surface area contributed by atoms with Gasteiger partial charge < -0.3 is 10.4 Å². The molecule has 1 heterocycles. The van der Waals surface area contributed by atoms with Gasteiger partial charge in [0.2, 0.25) is 0 Å². The summed E-state index contributed by atoms with van der Waals surface area (Å²) in [5.41, 5.74) is 2.83. The van der Waals surface area contributed by atoms with E-state index in [1.165, 1.54) is 0 Å². The summed E-state index contributed by atoms with van der Waals surface area (Å²) in [6.45, 7) is 13.0. The zero-order valence-electron chi connectivity index (χ0n) is 20.9. The van der Waals surface area contributed by atoms with Crippen LogP contribution in [0.1, 0.15) is 84.8 Å². The molecule has 2 aliphatic rings. The molecular formula is C27H39ClN2O3. The van der Waals surface area contributed by atoms with Crippen LogP contribution in [0.2, 0.25) is 5.02 Å². The third-order valence-electron chi connectivity index (χ3n) is 7.28. The van der Waals surface area contributed by atoms with Crippen molar-refractivity contribution in [2.24, 2.45) is 17.3 Å². The molecule has 2 N–H and O–H groups in total. The molecule has 33 heavy (non-hydrogen) atoms. The van der Waals surface area contributed by atoms with Gasteiger partial charge in [0.05, 0.1) is 11.5 Å². The summed E-state index contributed by atoms with van der Waals surface area (Å²) in [5.74, 6) is -0.815. The van der Waals surface area contributed by atoms with E-state index in [-0.39, 0.29) is 29.3 Å². The Hall–Kier alpha value is -2.01. The number of aryl methyl sites for hydroxylation is 1. The molecule has 1 aromatic carbocycles. The number of nitrogens with one attached hydrogen (secondary N) is 1. The second kappa shape index (κ2) is 9.69. The SMILES string of the molecule is CC(C)C1=CN([C@H]2CC[C@H](C(=O)O)CC2)C(=O)N[C@@]1(C)c1ccc(CCC(C)(C)C)c(Cl)c1. The van der Waals surface area contributed by atoms with Crippen molar-refractivity contribution in [1.82, 2.24) is 10.2 Å². The largest absolute Gasteiger partial charge is 0.481 e. The minimum Gasteiger partial charge on any atom is -0.481 e. The lowest BCUT2D eigenvalue weighted by Crippen LogP contribution is -2.57. The number of carbonyl (C=O) groups is 2. The topological polar surface area (TPSA) is 69.6 Å². The Bertz CT molecular complexity index is 926. The van der Waals surface area contributed by atoms with Crippen molar-refractivity contribution in [3.8, 4) is 0 Å². The molecule has 6 heteroatoms. The van der Waals surface area contributed by atoms with Gasteiger partial charge in [-0.15, -0.1) is 0 Å². The van der Waals surface area contributed by atoms with Crippen LogP contribution in [-0.4, -0.2) is 28.0 Å². The first-order valence-electron chi connectivity index (χ1n) is 12.2. The summed E-state index contributed by atoms with van der Waals surface area (Å²) >= 11 is 6.70. The fourth-order valence-corrected chi connectivity index (χ4v) is 5.37. The highest BCUT2D eigenvalue weighted by Crippen LogP contribution is 2.40. The average molecular weight is 475 g/mol. The molecule has 1 aromatic rings. The van der Waals surface area contributed by atoms with E-state index in [9.17, 15) is 14.7 Å². The minimum absolute atomic E-state index is 0.0299. The molecule has 1 atom stereocenters. The lowest BCUT2D eigenvalue weighted by Gasteiger charge is -2.45. The van der Waals surface area contributed by atoms with Gasteiger partial charge in [0, 0.05) is 17.3 Å². The average Bonchev–Trinajstić information content (AvgIpc) is 2.72. The Kier molecular flexibility index (Phi) is 7.52. The van der Waals surface area contributed by atoms with Crippen molar-refractivity contribution in [2.75, 3.05) is 0 Å². The van der Waals surface area contributed by atoms with Crippen molar-refractivity contribution >= 4 is 23.6 Å². The quantitative estimate of drug-likeness (QED) is 0.479. The summed E-state index contributed by atoms with van der Waals surface area (Å²) in [5, 5.41) is 13.3. The third-order valence-corrected chi connectivity index (χ3v) is 7.63. The van der Waals surface area contributed by atoms with Crippen LogP contribution >= 0.6 is 11.6 Å². The molecule has 0 saturated heterocycles. The molecule has 1 aliphatic heterocycles. The minimum atomic E-state index is -0.731. The van der Waals surface area contributed by atoms with Gasteiger partial charge in [0.1, 0.15) is 0 Å². The highest BCUT2D eigenvalue weighted by Gasteiger charge is 2.42. The number of halogens is 1. The number of rotatable bonds is 6. The number of aliphatic carboxylic acids is 1. The fraction of sp³-hybridized carbons (Fsp3) is 0.630. The highest BCUT2D eigenvalue weighted by atomic mass is 35.5. The second-order valence-electron chi connectivity index (χ2n) is 11.4. The highest BCUT2D eigenvalue weighted by molar-refractivity contribution is 6.31. The molecule has 2 amide bonds. The number of hydrogen-bond acceptors (Lipinski definition) is 2. The number of carboxylic acids is 1. The lowest BCUT2D eigenvalue weighted by atomic mass is 9.77. The standard InChI is InChI=1S/C27H39ClN2O3/c1-17(2)22-16-30(21-11-8-19(9-12-21)24(31)32)25(33)29-27(22,6)20-10-7-18(23(28)15-20)13-14-26(3,4)5/h7,10,15-17,19,21H,8-9,11-14H2,1-6H3,(H,29,33)(H,31,32)/t19-,21-,27-/m0/s1. The van der Waals surface area contributed by atoms with Gasteiger partial charge in [-0.05, 0) is 79.5 Å². The normalized spacial score (nSPS) is 26.2. The molecule has 0 bridgehead atoms. The Labute approximate surface area is 203 Å². The molecule has 0 unspecified atom stereocenters. The van der Waals surface area contributed by atoms with E-state index in [2.05, 4.69) is 59.0 Å². The molecule has 3 rings (SSSR count). The van der Waals surface area contributed by atoms with Crippen LogP contribution in [0, 0.1) is 17.3 Å². The number of urea groups is 1. The number of nitrogens with zero attached hydrogens (tertiary/aromatic N) is 1. The first-order valence-corrected chi connectivity index (χ1v) is 12.5. The van der Waals surface area contributed by atoms with Crippen molar-refractivity contribution in [2.45, 2.75) is 91.6 Å². The predicted molar refractivity (Wildman–Crippen MR) is 133 cm³/mol. The Morgan fingerprint density at radius 3 is 2.39 bits per heavy atom. The molecule has 182 valence electrons. The second-order valence-corrected chi connectivity index (χ2v) is 11.8. The Morgan fingerprint density at radius 2 is 1.88 bits per heavy atom. The molecule has 1 fully saturated rings. The van der Waals surface area contributed by atoms with Gasteiger partial charge in [-0.25, -0.2) is 4.79 Å². The number of carboxylic acid groups (broad SMARTS) is 1. The summed E-state index contributed by atoms with van der Waals surface area (Å²) in [6, 6.07) is 6.09. The first kappa shape index (κ1) is 25.6. The van der Waals surface area contributed by atoms with Crippen LogP contribution < -0.4 is 5.32 Å². The lowest BCUT2D eigenvalue weighted by molar-refractivity contribution is -0.143. The maximum absolute atomic E-state index is 13.3. The summed E-state index contributed by atoms with van der Waals surface area (Å²) < 4.78 is 0. The van der Waals surface area contributed by atoms with Crippen LogP contribution in [0.4, 0.5) is 4.79 Å². The predicted octanol–water partition coefficient (Wildman–Crippen LogP) is 6.74. The smallest absolute Gasteiger partial charge is 0.322 e. The number of amides is 2. The van der Waals surface area contributed by atoms with Crippen LogP contribution in [-0.2, 0) is 16.8 Å². The molecule has 5 nitrogen and oxygen atoms in total. The van der Waals surface area contributed by atoms with Crippen molar-refractivity contribution in [1.29, 1.82) is 0 Å². The van der Waals surface area contributed by atoms with E-state index in [1.807, 2.05) is 12.3 Å². The summed E-state index contributed by atoms with van der Waals surface area (Å²) in [4.78, 5) is 26.4. The van der Waals surface area contributed by atoms with Gasteiger partial charge in [-0.1, -0.05) is 58.4 Å². The molecule has 0 radical (unpaired) electrons. The van der Waals surface area contributed by atoms with E-state index in [0.717, 1.165) is 34.6 Å². The maximum Gasteiger partial charge on any atom is 0.322 e. The maximum atomic E-state index is 13.3. The zero-order chi connectivity index (χ0) is 24.6. The van der Waals surface area contributed by atoms with E-state index < -0.39 is 11.5 Å². The summed E-state index contributed by atoms with van der Waals surface area (Å²) in [6.07, 6.45) is 6.61. The first-order chi connectivity index (χ1) is 15.3. The van der Waals surface area contributed by atoms with E-state index >= 15 is 0 Å². The molecule has 0 aromatic heterocycles. The zero-order valence-corrected chi connectivity index (χ0v) is 21.6. The van der Waals surface area contributed by atoms with Gasteiger partial charge >= 0.3 is 12.0 Å². The van der Waals surface area contributed by atoms with E-state index in [0.29, 0.717) is 25.7 Å².